The Balaban J connectivity index is 1.88. The van der Waals surface area contributed by atoms with Gasteiger partial charge in [0.05, 0.1) is 18.0 Å². The fraction of sp³-hybridized carbons (Fsp3) is 0.471. The van der Waals surface area contributed by atoms with E-state index in [2.05, 4.69) is 40.0 Å². The summed E-state index contributed by atoms with van der Waals surface area (Å²) in [5.41, 5.74) is 2.07. The Bertz CT molecular complexity index is 729. The minimum absolute atomic E-state index is 0.0268. The molecule has 1 aromatic heterocycles. The number of carbonyl (C=O) groups excluding carboxylic acids is 2. The van der Waals surface area contributed by atoms with Crippen molar-refractivity contribution < 1.29 is 9.59 Å². The van der Waals surface area contributed by atoms with E-state index in [1.54, 1.807) is 4.68 Å². The van der Waals surface area contributed by atoms with Crippen molar-refractivity contribution in [3.05, 3.63) is 29.8 Å². The van der Waals surface area contributed by atoms with Gasteiger partial charge in [-0.1, -0.05) is 44.7 Å². The van der Waals surface area contributed by atoms with Gasteiger partial charge in [-0.2, -0.15) is 4.68 Å². The average Bonchev–Trinajstić information content (AvgIpc) is 3.11. The summed E-state index contributed by atoms with van der Waals surface area (Å²) in [7, 11) is 0. The predicted octanol–water partition coefficient (Wildman–Crippen LogP) is 1.52. The molecule has 0 saturated carbocycles. The number of thioether (sulfide) groups is 1. The Morgan fingerprint density at radius 3 is 2.54 bits per heavy atom. The van der Waals surface area contributed by atoms with Gasteiger partial charge in [0, 0.05) is 6.54 Å². The number of benzene rings is 1. The third-order valence-electron chi connectivity index (χ3n) is 3.60. The van der Waals surface area contributed by atoms with Gasteiger partial charge < -0.3 is 10.6 Å². The third kappa shape index (κ3) is 5.83. The predicted molar refractivity (Wildman–Crippen MR) is 100 cm³/mol. The molecule has 2 rings (SSSR count). The second-order valence-corrected chi connectivity index (χ2v) is 6.98. The molecule has 0 atom stereocenters. The van der Waals surface area contributed by atoms with Crippen LogP contribution in [-0.4, -0.2) is 50.9 Å². The Labute approximate surface area is 157 Å². The molecule has 0 fully saturated rings. The number of hydrogen-bond donors (Lipinski definition) is 2. The lowest BCUT2D eigenvalue weighted by Gasteiger charge is -2.08. The smallest absolute Gasteiger partial charge is 0.239 e. The summed E-state index contributed by atoms with van der Waals surface area (Å²) in [5.74, 6) is 0.141. The molecule has 8 nitrogen and oxygen atoms in total. The number of nitrogens with zero attached hydrogens (tertiary/aromatic N) is 4. The Kier molecular flexibility index (Phi) is 7.58. The van der Waals surface area contributed by atoms with E-state index in [1.165, 1.54) is 17.3 Å². The van der Waals surface area contributed by atoms with E-state index < -0.39 is 0 Å². The van der Waals surface area contributed by atoms with Crippen LogP contribution in [0.1, 0.15) is 38.7 Å². The van der Waals surface area contributed by atoms with Crippen LogP contribution < -0.4 is 10.6 Å². The number of rotatable bonds is 9. The average molecular weight is 376 g/mol. The van der Waals surface area contributed by atoms with Gasteiger partial charge in [-0.15, -0.1) is 5.10 Å². The SMILES string of the molecule is CCCNC(=O)CNC(=O)CSc1nnnn1-c1ccc(C(C)C)cc1. The van der Waals surface area contributed by atoms with Crippen LogP contribution in [0.15, 0.2) is 29.4 Å². The van der Waals surface area contributed by atoms with Gasteiger partial charge in [0.25, 0.3) is 0 Å². The number of hydrogen-bond acceptors (Lipinski definition) is 6. The normalized spacial score (nSPS) is 10.8. The zero-order chi connectivity index (χ0) is 18.9. The summed E-state index contributed by atoms with van der Waals surface area (Å²) in [4.78, 5) is 23.4. The molecule has 140 valence electrons. The molecule has 0 aliphatic carbocycles. The largest absolute Gasteiger partial charge is 0.355 e. The van der Waals surface area contributed by atoms with Crippen LogP contribution in [0.25, 0.3) is 5.69 Å². The maximum absolute atomic E-state index is 11.9. The molecule has 0 bridgehead atoms. The number of aromatic nitrogens is 4. The maximum Gasteiger partial charge on any atom is 0.239 e. The molecule has 0 aliphatic heterocycles. The number of amides is 2. The Morgan fingerprint density at radius 2 is 1.88 bits per heavy atom. The van der Waals surface area contributed by atoms with Crippen molar-refractivity contribution >= 4 is 23.6 Å². The molecule has 1 heterocycles. The molecule has 2 amide bonds. The van der Waals surface area contributed by atoms with Crippen LogP contribution in [0.2, 0.25) is 0 Å². The van der Waals surface area contributed by atoms with Crippen molar-refractivity contribution in [2.75, 3.05) is 18.8 Å². The first kappa shape index (κ1) is 19.9. The summed E-state index contributed by atoms with van der Waals surface area (Å²) in [5, 5.41) is 17.4. The van der Waals surface area contributed by atoms with Crippen LogP contribution in [0, 0.1) is 0 Å². The fourth-order valence-electron chi connectivity index (χ4n) is 2.12. The molecule has 0 radical (unpaired) electrons. The lowest BCUT2D eigenvalue weighted by atomic mass is 10.0. The van der Waals surface area contributed by atoms with Gasteiger partial charge in [-0.3, -0.25) is 9.59 Å². The van der Waals surface area contributed by atoms with Crippen molar-refractivity contribution in [1.29, 1.82) is 0 Å². The molecular weight excluding hydrogens is 352 g/mol. The number of carbonyl (C=O) groups is 2. The number of tetrazole rings is 1. The molecule has 2 aromatic rings. The van der Waals surface area contributed by atoms with Gasteiger partial charge in [0.2, 0.25) is 17.0 Å². The topological polar surface area (TPSA) is 102 Å². The summed E-state index contributed by atoms with van der Waals surface area (Å²) in [6, 6.07) is 7.98. The third-order valence-corrected chi connectivity index (χ3v) is 4.52. The zero-order valence-corrected chi connectivity index (χ0v) is 16.0. The van der Waals surface area contributed by atoms with E-state index >= 15 is 0 Å². The van der Waals surface area contributed by atoms with E-state index in [4.69, 9.17) is 0 Å². The molecular formula is C17H24N6O2S. The van der Waals surface area contributed by atoms with E-state index in [-0.39, 0.29) is 24.1 Å². The molecule has 0 unspecified atom stereocenters. The summed E-state index contributed by atoms with van der Waals surface area (Å²) in [6.07, 6.45) is 0.857. The van der Waals surface area contributed by atoms with Crippen molar-refractivity contribution in [2.45, 2.75) is 38.3 Å². The van der Waals surface area contributed by atoms with Crippen LogP contribution in [0.5, 0.6) is 0 Å². The van der Waals surface area contributed by atoms with E-state index in [1.807, 2.05) is 31.2 Å². The minimum Gasteiger partial charge on any atom is -0.355 e. The second kappa shape index (κ2) is 9.91. The highest BCUT2D eigenvalue weighted by Crippen LogP contribution is 2.20. The summed E-state index contributed by atoms with van der Waals surface area (Å²) < 4.78 is 1.59. The molecule has 2 N–H and O–H groups in total. The van der Waals surface area contributed by atoms with Gasteiger partial charge in [0.1, 0.15) is 0 Å². The molecule has 1 aromatic carbocycles. The van der Waals surface area contributed by atoms with Crippen molar-refractivity contribution in [3.8, 4) is 5.69 Å². The number of nitrogens with one attached hydrogen (secondary N) is 2. The Hall–Kier alpha value is -2.42. The molecule has 26 heavy (non-hydrogen) atoms. The van der Waals surface area contributed by atoms with Crippen LogP contribution in [0.4, 0.5) is 0 Å². The quantitative estimate of drug-likeness (QED) is 0.644. The highest BCUT2D eigenvalue weighted by molar-refractivity contribution is 7.99. The molecule has 9 heteroatoms. The van der Waals surface area contributed by atoms with Crippen LogP contribution >= 0.6 is 11.8 Å². The standard InChI is InChI=1S/C17H24N6O2S/c1-4-9-18-15(24)10-19-16(25)11-26-17-20-21-22-23(17)14-7-5-13(6-8-14)12(2)3/h5-8,12H,4,9-11H2,1-3H3,(H,18,24)(H,19,25). The Morgan fingerprint density at radius 1 is 1.15 bits per heavy atom. The molecule has 0 saturated heterocycles. The monoisotopic (exact) mass is 376 g/mol. The van der Waals surface area contributed by atoms with E-state index in [9.17, 15) is 9.59 Å². The fourth-order valence-corrected chi connectivity index (χ4v) is 2.84. The maximum atomic E-state index is 11.9. The second-order valence-electron chi connectivity index (χ2n) is 6.03. The first-order valence-corrected chi connectivity index (χ1v) is 9.54. The van der Waals surface area contributed by atoms with Gasteiger partial charge in [-0.25, -0.2) is 0 Å². The van der Waals surface area contributed by atoms with Crippen LogP contribution in [-0.2, 0) is 9.59 Å². The lowest BCUT2D eigenvalue weighted by Crippen LogP contribution is -2.37. The zero-order valence-electron chi connectivity index (χ0n) is 15.2. The summed E-state index contributed by atoms with van der Waals surface area (Å²) in [6.45, 7) is 6.81. The van der Waals surface area contributed by atoms with Crippen molar-refractivity contribution in [1.82, 2.24) is 30.8 Å². The minimum atomic E-state index is -0.244. The van der Waals surface area contributed by atoms with Crippen molar-refractivity contribution in [3.63, 3.8) is 0 Å². The van der Waals surface area contributed by atoms with Crippen molar-refractivity contribution in [2.24, 2.45) is 0 Å². The first-order valence-electron chi connectivity index (χ1n) is 8.56. The van der Waals surface area contributed by atoms with E-state index in [0.717, 1.165) is 12.1 Å². The van der Waals surface area contributed by atoms with Gasteiger partial charge in [0.15, 0.2) is 0 Å². The van der Waals surface area contributed by atoms with Gasteiger partial charge in [-0.05, 0) is 40.5 Å². The van der Waals surface area contributed by atoms with Gasteiger partial charge >= 0.3 is 0 Å². The lowest BCUT2D eigenvalue weighted by molar-refractivity contribution is -0.124. The first-order chi connectivity index (χ1) is 12.5. The highest BCUT2D eigenvalue weighted by Gasteiger charge is 2.12. The van der Waals surface area contributed by atoms with Crippen LogP contribution in [0.3, 0.4) is 0 Å². The summed E-state index contributed by atoms with van der Waals surface area (Å²) >= 11 is 1.22. The van der Waals surface area contributed by atoms with E-state index in [0.29, 0.717) is 17.6 Å². The highest BCUT2D eigenvalue weighted by atomic mass is 32.2. The molecule has 0 aliphatic rings. The molecule has 0 spiro atoms.